The van der Waals surface area contributed by atoms with Gasteiger partial charge in [0, 0.05) is 19.7 Å². The molecular weight excluding hydrogens is 214 g/mol. The lowest BCUT2D eigenvalue weighted by atomic mass is 10.1. The lowest BCUT2D eigenvalue weighted by molar-refractivity contribution is -0.00897. The van der Waals surface area contributed by atoms with Crippen LogP contribution in [0.2, 0.25) is 0 Å². The molecule has 3 heteroatoms. The number of nitrogens with one attached hydrogen (secondary N) is 1. The highest BCUT2D eigenvalue weighted by molar-refractivity contribution is 5.28. The number of rotatable bonds is 7. The second-order valence-corrected chi connectivity index (χ2v) is 4.65. The van der Waals surface area contributed by atoms with E-state index in [4.69, 9.17) is 9.47 Å². The van der Waals surface area contributed by atoms with E-state index in [0.717, 1.165) is 25.4 Å². The van der Waals surface area contributed by atoms with Crippen molar-refractivity contribution in [2.75, 3.05) is 20.3 Å². The van der Waals surface area contributed by atoms with Gasteiger partial charge in [-0.25, -0.2) is 0 Å². The van der Waals surface area contributed by atoms with E-state index in [-0.39, 0.29) is 5.60 Å². The lowest BCUT2D eigenvalue weighted by Gasteiger charge is -2.25. The standard InChI is InChI=1S/C14H23NO2/c1-5-17-14(2,3)11-15-10-12-7-6-8-13(9-12)16-4/h6-9,15H,5,10-11H2,1-4H3. The molecule has 0 fully saturated rings. The summed E-state index contributed by atoms with van der Waals surface area (Å²) in [5.74, 6) is 0.897. The first-order chi connectivity index (χ1) is 8.07. The molecule has 1 aromatic rings. The van der Waals surface area contributed by atoms with Crippen molar-refractivity contribution < 1.29 is 9.47 Å². The molecule has 17 heavy (non-hydrogen) atoms. The second-order valence-electron chi connectivity index (χ2n) is 4.65. The summed E-state index contributed by atoms with van der Waals surface area (Å²) >= 11 is 0. The average Bonchev–Trinajstić information content (AvgIpc) is 2.29. The van der Waals surface area contributed by atoms with E-state index in [9.17, 15) is 0 Å². The van der Waals surface area contributed by atoms with Crippen LogP contribution in [0, 0.1) is 0 Å². The normalized spacial score (nSPS) is 11.5. The van der Waals surface area contributed by atoms with E-state index in [2.05, 4.69) is 25.2 Å². The third kappa shape index (κ3) is 5.20. The highest BCUT2D eigenvalue weighted by Crippen LogP contribution is 2.13. The van der Waals surface area contributed by atoms with Crippen molar-refractivity contribution in [3.05, 3.63) is 29.8 Å². The van der Waals surface area contributed by atoms with E-state index in [1.807, 2.05) is 25.1 Å². The van der Waals surface area contributed by atoms with Crippen LogP contribution in [0.1, 0.15) is 26.3 Å². The molecule has 0 saturated heterocycles. The van der Waals surface area contributed by atoms with E-state index < -0.39 is 0 Å². The molecule has 0 aromatic heterocycles. The molecule has 3 nitrogen and oxygen atoms in total. The Bertz CT molecular complexity index is 337. The minimum absolute atomic E-state index is 0.117. The number of hydrogen-bond acceptors (Lipinski definition) is 3. The van der Waals surface area contributed by atoms with Gasteiger partial charge in [-0.15, -0.1) is 0 Å². The fourth-order valence-electron chi connectivity index (χ4n) is 1.73. The second kappa shape index (κ2) is 6.62. The predicted octanol–water partition coefficient (Wildman–Crippen LogP) is 2.60. The molecule has 0 atom stereocenters. The number of ether oxygens (including phenoxy) is 2. The maximum absolute atomic E-state index is 5.62. The summed E-state index contributed by atoms with van der Waals surface area (Å²) in [5, 5.41) is 3.40. The Labute approximate surface area is 104 Å². The van der Waals surface area contributed by atoms with Crippen molar-refractivity contribution >= 4 is 0 Å². The number of benzene rings is 1. The molecule has 1 aromatic carbocycles. The van der Waals surface area contributed by atoms with Crippen molar-refractivity contribution in [2.24, 2.45) is 0 Å². The Morgan fingerprint density at radius 1 is 1.29 bits per heavy atom. The molecule has 96 valence electrons. The van der Waals surface area contributed by atoms with Crippen LogP contribution in [-0.4, -0.2) is 25.9 Å². The van der Waals surface area contributed by atoms with Crippen LogP contribution >= 0.6 is 0 Å². The summed E-state index contributed by atoms with van der Waals surface area (Å²) in [5.41, 5.74) is 1.10. The maximum atomic E-state index is 5.62. The lowest BCUT2D eigenvalue weighted by Crippen LogP contribution is -2.37. The third-order valence-corrected chi connectivity index (χ3v) is 2.55. The summed E-state index contributed by atoms with van der Waals surface area (Å²) in [6.45, 7) is 8.60. The summed E-state index contributed by atoms with van der Waals surface area (Å²) in [4.78, 5) is 0. The van der Waals surface area contributed by atoms with Crippen LogP contribution in [0.5, 0.6) is 5.75 Å². The molecular formula is C14H23NO2. The molecule has 0 unspecified atom stereocenters. The van der Waals surface area contributed by atoms with Crippen LogP contribution in [0.4, 0.5) is 0 Å². The van der Waals surface area contributed by atoms with Crippen LogP contribution in [-0.2, 0) is 11.3 Å². The van der Waals surface area contributed by atoms with Crippen molar-refractivity contribution in [2.45, 2.75) is 32.9 Å². The van der Waals surface area contributed by atoms with Crippen LogP contribution in [0.3, 0.4) is 0 Å². The van der Waals surface area contributed by atoms with Gasteiger partial charge in [-0.2, -0.15) is 0 Å². The Hall–Kier alpha value is -1.06. The first-order valence-corrected chi connectivity index (χ1v) is 6.05. The van der Waals surface area contributed by atoms with Crippen molar-refractivity contribution in [1.82, 2.24) is 5.32 Å². The van der Waals surface area contributed by atoms with Gasteiger partial charge in [0.1, 0.15) is 5.75 Å². The minimum Gasteiger partial charge on any atom is -0.497 e. The zero-order chi connectivity index (χ0) is 12.7. The van der Waals surface area contributed by atoms with Gasteiger partial charge in [0.15, 0.2) is 0 Å². The Morgan fingerprint density at radius 2 is 2.06 bits per heavy atom. The predicted molar refractivity (Wildman–Crippen MR) is 70.4 cm³/mol. The van der Waals surface area contributed by atoms with E-state index >= 15 is 0 Å². The molecule has 0 bridgehead atoms. The molecule has 0 radical (unpaired) electrons. The van der Waals surface area contributed by atoms with Gasteiger partial charge in [-0.3, -0.25) is 0 Å². The highest BCUT2D eigenvalue weighted by atomic mass is 16.5. The average molecular weight is 237 g/mol. The fraction of sp³-hybridized carbons (Fsp3) is 0.571. The van der Waals surface area contributed by atoms with Crippen LogP contribution in [0.15, 0.2) is 24.3 Å². The molecule has 0 saturated carbocycles. The Morgan fingerprint density at radius 3 is 2.71 bits per heavy atom. The van der Waals surface area contributed by atoms with Gasteiger partial charge < -0.3 is 14.8 Å². The van der Waals surface area contributed by atoms with Gasteiger partial charge in [-0.05, 0) is 38.5 Å². The largest absolute Gasteiger partial charge is 0.497 e. The Balaban J connectivity index is 2.40. The van der Waals surface area contributed by atoms with E-state index in [1.54, 1.807) is 7.11 Å². The van der Waals surface area contributed by atoms with Crippen molar-refractivity contribution in [3.63, 3.8) is 0 Å². The first-order valence-electron chi connectivity index (χ1n) is 6.05. The molecule has 0 aliphatic carbocycles. The zero-order valence-electron chi connectivity index (χ0n) is 11.2. The fourth-order valence-corrected chi connectivity index (χ4v) is 1.73. The number of methoxy groups -OCH3 is 1. The molecule has 0 aliphatic heterocycles. The molecule has 0 heterocycles. The van der Waals surface area contributed by atoms with Gasteiger partial charge in [-0.1, -0.05) is 12.1 Å². The van der Waals surface area contributed by atoms with Gasteiger partial charge in [0.25, 0.3) is 0 Å². The van der Waals surface area contributed by atoms with E-state index in [1.165, 1.54) is 5.56 Å². The zero-order valence-corrected chi connectivity index (χ0v) is 11.2. The Kier molecular flexibility index (Phi) is 5.45. The number of hydrogen-bond donors (Lipinski definition) is 1. The third-order valence-electron chi connectivity index (χ3n) is 2.55. The van der Waals surface area contributed by atoms with Crippen molar-refractivity contribution in [3.8, 4) is 5.75 Å². The molecule has 1 rings (SSSR count). The van der Waals surface area contributed by atoms with Gasteiger partial charge in [0.2, 0.25) is 0 Å². The summed E-state index contributed by atoms with van der Waals surface area (Å²) in [6.07, 6.45) is 0. The molecule has 0 aliphatic rings. The summed E-state index contributed by atoms with van der Waals surface area (Å²) < 4.78 is 10.8. The topological polar surface area (TPSA) is 30.5 Å². The van der Waals surface area contributed by atoms with Gasteiger partial charge in [0.05, 0.1) is 12.7 Å². The highest BCUT2D eigenvalue weighted by Gasteiger charge is 2.16. The first kappa shape index (κ1) is 14.0. The van der Waals surface area contributed by atoms with Gasteiger partial charge >= 0.3 is 0 Å². The van der Waals surface area contributed by atoms with Crippen molar-refractivity contribution in [1.29, 1.82) is 0 Å². The SMILES string of the molecule is CCOC(C)(C)CNCc1cccc(OC)c1. The minimum atomic E-state index is -0.117. The van der Waals surface area contributed by atoms with Crippen LogP contribution < -0.4 is 10.1 Å². The van der Waals surface area contributed by atoms with Crippen LogP contribution in [0.25, 0.3) is 0 Å². The summed E-state index contributed by atoms with van der Waals surface area (Å²) in [6, 6.07) is 8.08. The van der Waals surface area contributed by atoms with E-state index in [0.29, 0.717) is 0 Å². The quantitative estimate of drug-likeness (QED) is 0.790. The molecule has 1 N–H and O–H groups in total. The molecule has 0 amide bonds. The maximum Gasteiger partial charge on any atom is 0.119 e. The molecule has 0 spiro atoms. The summed E-state index contributed by atoms with van der Waals surface area (Å²) in [7, 11) is 1.69. The smallest absolute Gasteiger partial charge is 0.119 e. The monoisotopic (exact) mass is 237 g/mol.